The first-order valence-electron chi connectivity index (χ1n) is 6.10. The van der Waals surface area contributed by atoms with Gasteiger partial charge in [0, 0.05) is 33.7 Å². The number of piperidine rings is 1. The number of nitrogens with one attached hydrogen (secondary N) is 1. The fourth-order valence-electron chi connectivity index (χ4n) is 1.94. The molecule has 2 unspecified atom stereocenters. The molecule has 1 heterocycles. The number of amides is 2. The van der Waals surface area contributed by atoms with E-state index in [0.717, 1.165) is 19.4 Å². The first-order chi connectivity index (χ1) is 7.91. The van der Waals surface area contributed by atoms with E-state index in [-0.39, 0.29) is 24.3 Å². The van der Waals surface area contributed by atoms with Gasteiger partial charge in [-0.15, -0.1) is 0 Å². The molecule has 0 aliphatic carbocycles. The maximum Gasteiger partial charge on any atom is 0.241 e. The molecule has 5 heteroatoms. The van der Waals surface area contributed by atoms with Crippen LogP contribution in [0.1, 0.15) is 19.8 Å². The Kier molecular flexibility index (Phi) is 4.93. The second-order valence-electron chi connectivity index (χ2n) is 5.07. The molecule has 1 fully saturated rings. The van der Waals surface area contributed by atoms with Gasteiger partial charge in [0.1, 0.15) is 0 Å². The number of rotatable bonds is 3. The second-order valence-corrected chi connectivity index (χ2v) is 5.07. The average Bonchev–Trinajstić information content (AvgIpc) is 2.28. The van der Waals surface area contributed by atoms with Crippen LogP contribution in [-0.2, 0) is 9.59 Å². The smallest absolute Gasteiger partial charge is 0.241 e. The van der Waals surface area contributed by atoms with Gasteiger partial charge in [-0.05, 0) is 19.8 Å². The molecule has 0 spiro atoms. The van der Waals surface area contributed by atoms with Gasteiger partial charge in [0.2, 0.25) is 11.8 Å². The number of hydrogen-bond donors (Lipinski definition) is 1. The van der Waals surface area contributed by atoms with Crippen LogP contribution in [0.5, 0.6) is 0 Å². The molecule has 1 aliphatic heterocycles. The van der Waals surface area contributed by atoms with Gasteiger partial charge >= 0.3 is 0 Å². The van der Waals surface area contributed by atoms with Gasteiger partial charge in [0.05, 0.1) is 12.5 Å². The van der Waals surface area contributed by atoms with Crippen molar-refractivity contribution in [3.63, 3.8) is 0 Å². The lowest BCUT2D eigenvalue weighted by Crippen LogP contribution is -2.46. The highest BCUT2D eigenvalue weighted by atomic mass is 16.2. The maximum atomic E-state index is 12.1. The molecule has 17 heavy (non-hydrogen) atoms. The molecule has 0 aromatic rings. The molecule has 0 saturated carbocycles. The van der Waals surface area contributed by atoms with Crippen molar-refractivity contribution in [3.8, 4) is 0 Å². The van der Waals surface area contributed by atoms with Gasteiger partial charge in [-0.3, -0.25) is 9.59 Å². The van der Waals surface area contributed by atoms with Crippen LogP contribution in [0, 0.1) is 5.92 Å². The standard InChI is InChI=1S/C12H23N3O2/c1-9-5-6-10(7-13-9)12(17)15(4)8-11(16)14(2)3/h9-10,13H,5-8H2,1-4H3. The van der Waals surface area contributed by atoms with Crippen molar-refractivity contribution >= 4 is 11.8 Å². The van der Waals surface area contributed by atoms with Crippen molar-refractivity contribution in [2.24, 2.45) is 5.92 Å². The van der Waals surface area contributed by atoms with Crippen LogP contribution >= 0.6 is 0 Å². The fourth-order valence-corrected chi connectivity index (χ4v) is 1.94. The first-order valence-corrected chi connectivity index (χ1v) is 6.10. The molecule has 1 saturated heterocycles. The van der Waals surface area contributed by atoms with Crippen LogP contribution in [0.3, 0.4) is 0 Å². The zero-order valence-electron chi connectivity index (χ0n) is 11.2. The zero-order valence-corrected chi connectivity index (χ0v) is 11.2. The summed E-state index contributed by atoms with van der Waals surface area (Å²) in [5, 5.41) is 3.30. The van der Waals surface area contributed by atoms with Crippen molar-refractivity contribution in [2.45, 2.75) is 25.8 Å². The Hall–Kier alpha value is -1.10. The van der Waals surface area contributed by atoms with Crippen LogP contribution in [0.4, 0.5) is 0 Å². The van der Waals surface area contributed by atoms with Crippen molar-refractivity contribution in [3.05, 3.63) is 0 Å². The largest absolute Gasteiger partial charge is 0.347 e. The zero-order chi connectivity index (χ0) is 13.0. The molecule has 0 radical (unpaired) electrons. The van der Waals surface area contributed by atoms with Crippen molar-refractivity contribution in [1.82, 2.24) is 15.1 Å². The van der Waals surface area contributed by atoms with Gasteiger partial charge in [0.25, 0.3) is 0 Å². The molecular formula is C12H23N3O2. The molecule has 0 aromatic heterocycles. The number of carbonyl (C=O) groups is 2. The summed E-state index contributed by atoms with van der Waals surface area (Å²) in [7, 11) is 5.09. The van der Waals surface area contributed by atoms with Gasteiger partial charge in [-0.1, -0.05) is 0 Å². The number of nitrogens with zero attached hydrogens (tertiary/aromatic N) is 2. The summed E-state index contributed by atoms with van der Waals surface area (Å²) in [6.45, 7) is 3.01. The Balaban J connectivity index is 2.44. The number of hydrogen-bond acceptors (Lipinski definition) is 3. The third kappa shape index (κ3) is 4.00. The highest BCUT2D eigenvalue weighted by Crippen LogP contribution is 2.16. The Morgan fingerprint density at radius 3 is 2.35 bits per heavy atom. The highest BCUT2D eigenvalue weighted by molar-refractivity contribution is 5.85. The monoisotopic (exact) mass is 241 g/mol. The summed E-state index contributed by atoms with van der Waals surface area (Å²) in [6.07, 6.45) is 1.93. The minimum atomic E-state index is -0.0435. The van der Waals surface area contributed by atoms with Gasteiger partial charge in [-0.2, -0.15) is 0 Å². The van der Waals surface area contributed by atoms with Gasteiger partial charge in [-0.25, -0.2) is 0 Å². The average molecular weight is 241 g/mol. The van der Waals surface area contributed by atoms with Crippen LogP contribution in [0.15, 0.2) is 0 Å². The highest BCUT2D eigenvalue weighted by Gasteiger charge is 2.27. The van der Waals surface area contributed by atoms with E-state index in [9.17, 15) is 9.59 Å². The van der Waals surface area contributed by atoms with Gasteiger partial charge < -0.3 is 15.1 Å². The van der Waals surface area contributed by atoms with Crippen molar-refractivity contribution in [1.29, 1.82) is 0 Å². The summed E-state index contributed by atoms with van der Waals surface area (Å²) < 4.78 is 0. The molecule has 5 nitrogen and oxygen atoms in total. The molecule has 2 amide bonds. The van der Waals surface area contributed by atoms with E-state index in [4.69, 9.17) is 0 Å². The summed E-state index contributed by atoms with van der Waals surface area (Å²) in [5.41, 5.74) is 0. The predicted molar refractivity (Wildman–Crippen MR) is 66.5 cm³/mol. The minimum Gasteiger partial charge on any atom is -0.347 e. The van der Waals surface area contributed by atoms with E-state index < -0.39 is 0 Å². The summed E-state index contributed by atoms with van der Waals surface area (Å²) in [4.78, 5) is 26.6. The molecule has 98 valence electrons. The van der Waals surface area contributed by atoms with E-state index in [1.54, 1.807) is 21.1 Å². The number of carbonyl (C=O) groups excluding carboxylic acids is 2. The lowest BCUT2D eigenvalue weighted by Gasteiger charge is -2.30. The van der Waals surface area contributed by atoms with Crippen LogP contribution in [-0.4, -0.2) is 61.9 Å². The SMILES string of the molecule is CC1CCC(C(=O)N(C)CC(=O)N(C)C)CN1. The predicted octanol–water partition coefficient (Wildman–Crippen LogP) is -0.0789. The van der Waals surface area contributed by atoms with Crippen LogP contribution < -0.4 is 5.32 Å². The molecule has 1 N–H and O–H groups in total. The third-order valence-corrected chi connectivity index (χ3v) is 3.26. The van der Waals surface area contributed by atoms with Gasteiger partial charge in [0.15, 0.2) is 0 Å². The van der Waals surface area contributed by atoms with Crippen LogP contribution in [0.2, 0.25) is 0 Å². The topological polar surface area (TPSA) is 52.7 Å². The fraction of sp³-hybridized carbons (Fsp3) is 0.833. The molecule has 1 aliphatic rings. The first kappa shape index (κ1) is 14.0. The van der Waals surface area contributed by atoms with Crippen LogP contribution in [0.25, 0.3) is 0 Å². The van der Waals surface area contributed by atoms with Crippen molar-refractivity contribution < 1.29 is 9.59 Å². The lowest BCUT2D eigenvalue weighted by molar-refractivity contribution is -0.141. The van der Waals surface area contributed by atoms with E-state index in [1.807, 2.05) is 0 Å². The maximum absolute atomic E-state index is 12.1. The summed E-state index contributed by atoms with van der Waals surface area (Å²) >= 11 is 0. The van der Waals surface area contributed by atoms with E-state index in [2.05, 4.69) is 12.2 Å². The second kappa shape index (κ2) is 6.00. The Morgan fingerprint density at radius 1 is 1.24 bits per heavy atom. The Morgan fingerprint density at radius 2 is 1.88 bits per heavy atom. The minimum absolute atomic E-state index is 0.0196. The summed E-state index contributed by atoms with van der Waals surface area (Å²) in [5.74, 6) is 0.0451. The molecular weight excluding hydrogens is 218 g/mol. The van der Waals surface area contributed by atoms with Crippen molar-refractivity contribution in [2.75, 3.05) is 34.2 Å². The summed E-state index contributed by atoms with van der Waals surface area (Å²) in [6, 6.07) is 0.493. The quantitative estimate of drug-likeness (QED) is 0.752. The third-order valence-electron chi connectivity index (χ3n) is 3.26. The Labute approximate surface area is 103 Å². The molecule has 1 rings (SSSR count). The van der Waals surface area contributed by atoms with E-state index in [0.29, 0.717) is 6.04 Å². The molecule has 2 atom stereocenters. The van der Waals surface area contributed by atoms with E-state index in [1.165, 1.54) is 9.80 Å². The Bertz CT molecular complexity index is 283. The normalized spacial score (nSPS) is 24.2. The number of likely N-dealkylation sites (N-methyl/N-ethyl adjacent to an activating group) is 2. The molecule has 0 aromatic carbocycles. The van der Waals surface area contributed by atoms with E-state index >= 15 is 0 Å². The lowest BCUT2D eigenvalue weighted by atomic mass is 9.94. The molecule has 0 bridgehead atoms.